The van der Waals surface area contributed by atoms with Crippen molar-refractivity contribution in [2.24, 2.45) is 10.7 Å². The summed E-state index contributed by atoms with van der Waals surface area (Å²) in [5.74, 6) is 1.92. The minimum atomic E-state index is 0. The number of rotatable bonds is 10. The van der Waals surface area contributed by atoms with Crippen LogP contribution in [0.15, 0.2) is 23.2 Å². The number of nitrogens with one attached hydrogen (secondary N) is 1. The molecule has 0 aliphatic heterocycles. The number of ether oxygens (including phenoxy) is 2. The first-order chi connectivity index (χ1) is 11.7. The Balaban J connectivity index is 0.00000312. The number of hydrogen-bond donors (Lipinski definition) is 2. The molecule has 0 amide bonds. The third-order valence-electron chi connectivity index (χ3n) is 3.96. The van der Waals surface area contributed by atoms with Crippen LogP contribution in [-0.2, 0) is 0 Å². The van der Waals surface area contributed by atoms with E-state index in [4.69, 9.17) is 15.2 Å². The third-order valence-corrected chi connectivity index (χ3v) is 3.96. The summed E-state index contributed by atoms with van der Waals surface area (Å²) in [7, 11) is 0. The van der Waals surface area contributed by atoms with E-state index in [0.29, 0.717) is 25.7 Å². The molecule has 0 unspecified atom stereocenters. The van der Waals surface area contributed by atoms with Gasteiger partial charge in [0.15, 0.2) is 5.96 Å². The van der Waals surface area contributed by atoms with Crippen molar-refractivity contribution in [2.45, 2.75) is 39.7 Å². The van der Waals surface area contributed by atoms with E-state index in [9.17, 15) is 0 Å². The lowest BCUT2D eigenvalue weighted by Gasteiger charge is -2.18. The first kappa shape index (κ1) is 21.8. The van der Waals surface area contributed by atoms with Gasteiger partial charge in [-0.25, -0.2) is 0 Å². The fraction of sp³-hybridized carbons (Fsp3) is 0.611. The van der Waals surface area contributed by atoms with Crippen LogP contribution in [0.3, 0.4) is 0 Å². The molecule has 1 aromatic rings. The highest BCUT2D eigenvalue weighted by Crippen LogP contribution is 2.29. The molecule has 1 aromatic carbocycles. The number of halogens is 1. The summed E-state index contributed by atoms with van der Waals surface area (Å²) in [5, 5.41) is 3.13. The van der Waals surface area contributed by atoms with Crippen LogP contribution in [0.25, 0.3) is 0 Å². The molecule has 6 nitrogen and oxygen atoms in total. The Morgan fingerprint density at radius 3 is 2.56 bits per heavy atom. The van der Waals surface area contributed by atoms with Crippen molar-refractivity contribution in [3.8, 4) is 11.5 Å². The second kappa shape index (κ2) is 11.4. The maximum absolute atomic E-state index is 6.04. The molecule has 0 spiro atoms. The zero-order chi connectivity index (χ0) is 17.4. The van der Waals surface area contributed by atoms with Gasteiger partial charge in [0.1, 0.15) is 11.5 Å². The summed E-state index contributed by atoms with van der Waals surface area (Å²) in [6.45, 7) is 10.0. The standard InChI is InChI=1S/C18H30N4O2.HI/c1-4-22(14-7-8-14)12-11-20-18(19)21-16-13-15(23-5-2)9-10-17(16)24-6-3;/h9-10,13-14H,4-8,11-12H2,1-3H3,(H3,19,20,21);1H. The minimum absolute atomic E-state index is 0. The Kier molecular flexibility index (Phi) is 9.96. The highest BCUT2D eigenvalue weighted by atomic mass is 127. The van der Waals surface area contributed by atoms with Gasteiger partial charge in [-0.3, -0.25) is 9.89 Å². The maximum Gasteiger partial charge on any atom is 0.193 e. The Morgan fingerprint density at radius 1 is 1.24 bits per heavy atom. The highest BCUT2D eigenvalue weighted by Gasteiger charge is 2.27. The smallest absolute Gasteiger partial charge is 0.193 e. The second-order valence-corrected chi connectivity index (χ2v) is 5.78. The highest BCUT2D eigenvalue weighted by molar-refractivity contribution is 14.0. The van der Waals surface area contributed by atoms with E-state index in [-0.39, 0.29) is 24.0 Å². The van der Waals surface area contributed by atoms with Crippen molar-refractivity contribution < 1.29 is 9.47 Å². The van der Waals surface area contributed by atoms with Crippen LogP contribution < -0.4 is 20.5 Å². The number of likely N-dealkylation sites (N-methyl/N-ethyl adjacent to an activating group) is 1. The molecule has 7 heteroatoms. The summed E-state index contributed by atoms with van der Waals surface area (Å²) in [6.07, 6.45) is 2.63. The predicted molar refractivity (Wildman–Crippen MR) is 115 cm³/mol. The van der Waals surface area contributed by atoms with Gasteiger partial charge in [-0.15, -0.1) is 24.0 Å². The Morgan fingerprint density at radius 2 is 1.96 bits per heavy atom. The summed E-state index contributed by atoms with van der Waals surface area (Å²) in [4.78, 5) is 6.90. The number of nitrogens with two attached hydrogens (primary N) is 1. The molecule has 0 aromatic heterocycles. The van der Waals surface area contributed by atoms with Gasteiger partial charge in [0.2, 0.25) is 0 Å². The summed E-state index contributed by atoms with van der Waals surface area (Å²) < 4.78 is 11.2. The van der Waals surface area contributed by atoms with Crippen molar-refractivity contribution in [1.29, 1.82) is 0 Å². The van der Waals surface area contributed by atoms with Crippen molar-refractivity contribution in [2.75, 3.05) is 38.2 Å². The quantitative estimate of drug-likeness (QED) is 0.317. The Labute approximate surface area is 168 Å². The van der Waals surface area contributed by atoms with Crippen LogP contribution in [0.5, 0.6) is 11.5 Å². The minimum Gasteiger partial charge on any atom is -0.494 e. The Bertz CT molecular complexity index is 550. The van der Waals surface area contributed by atoms with Gasteiger partial charge in [-0.1, -0.05) is 6.92 Å². The van der Waals surface area contributed by atoms with Gasteiger partial charge in [-0.05, 0) is 45.4 Å². The molecule has 1 aliphatic rings. The van der Waals surface area contributed by atoms with Gasteiger partial charge in [0, 0.05) is 18.7 Å². The van der Waals surface area contributed by atoms with Gasteiger partial charge < -0.3 is 20.5 Å². The van der Waals surface area contributed by atoms with Crippen LogP contribution in [0.2, 0.25) is 0 Å². The van der Waals surface area contributed by atoms with Crippen molar-refractivity contribution >= 4 is 35.6 Å². The molecule has 0 atom stereocenters. The van der Waals surface area contributed by atoms with Gasteiger partial charge in [0.25, 0.3) is 0 Å². The Hall–Kier alpha value is -1.22. The molecule has 142 valence electrons. The number of nitrogens with zero attached hydrogens (tertiary/aromatic N) is 2. The SMILES string of the molecule is CCOc1ccc(OCC)c(NC(N)=NCCN(CC)C2CC2)c1.I. The van der Waals surface area contributed by atoms with Crippen LogP contribution in [0.1, 0.15) is 33.6 Å². The lowest BCUT2D eigenvalue weighted by molar-refractivity contribution is 0.286. The zero-order valence-electron chi connectivity index (χ0n) is 15.5. The largest absolute Gasteiger partial charge is 0.494 e. The molecule has 1 fully saturated rings. The molecular formula is C18H31IN4O2. The second-order valence-electron chi connectivity index (χ2n) is 5.78. The van der Waals surface area contributed by atoms with E-state index < -0.39 is 0 Å². The normalized spacial score (nSPS) is 14.2. The van der Waals surface area contributed by atoms with Crippen LogP contribution >= 0.6 is 24.0 Å². The predicted octanol–water partition coefficient (Wildman–Crippen LogP) is 3.31. The number of hydrogen-bond acceptors (Lipinski definition) is 4. The topological polar surface area (TPSA) is 72.1 Å². The summed E-state index contributed by atoms with van der Waals surface area (Å²) in [5.41, 5.74) is 6.81. The fourth-order valence-electron chi connectivity index (χ4n) is 2.66. The van der Waals surface area contributed by atoms with Crippen molar-refractivity contribution in [3.05, 3.63) is 18.2 Å². The summed E-state index contributed by atoms with van der Waals surface area (Å²) in [6, 6.07) is 6.42. The van der Waals surface area contributed by atoms with E-state index in [1.165, 1.54) is 12.8 Å². The van der Waals surface area contributed by atoms with E-state index in [0.717, 1.165) is 36.3 Å². The zero-order valence-corrected chi connectivity index (χ0v) is 17.8. The van der Waals surface area contributed by atoms with Gasteiger partial charge >= 0.3 is 0 Å². The van der Waals surface area contributed by atoms with E-state index in [1.807, 2.05) is 32.0 Å². The van der Waals surface area contributed by atoms with Crippen LogP contribution in [0.4, 0.5) is 5.69 Å². The van der Waals surface area contributed by atoms with E-state index >= 15 is 0 Å². The average Bonchev–Trinajstić information content (AvgIpc) is 3.39. The third kappa shape index (κ3) is 7.27. The lowest BCUT2D eigenvalue weighted by atomic mass is 10.2. The maximum atomic E-state index is 6.04. The molecule has 25 heavy (non-hydrogen) atoms. The molecule has 2 rings (SSSR count). The molecule has 1 aliphatic carbocycles. The molecule has 3 N–H and O–H groups in total. The molecule has 0 heterocycles. The number of aliphatic imine (C=N–C) groups is 1. The van der Waals surface area contributed by atoms with E-state index in [1.54, 1.807) is 0 Å². The van der Waals surface area contributed by atoms with E-state index in [2.05, 4.69) is 22.1 Å². The number of guanidine groups is 1. The molecule has 0 radical (unpaired) electrons. The van der Waals surface area contributed by atoms with Crippen molar-refractivity contribution in [3.63, 3.8) is 0 Å². The lowest BCUT2D eigenvalue weighted by Crippen LogP contribution is -2.30. The van der Waals surface area contributed by atoms with Gasteiger partial charge in [0.05, 0.1) is 25.4 Å². The first-order valence-electron chi connectivity index (χ1n) is 8.88. The number of anilines is 1. The van der Waals surface area contributed by atoms with Crippen LogP contribution in [0, 0.1) is 0 Å². The summed E-state index contributed by atoms with van der Waals surface area (Å²) >= 11 is 0. The van der Waals surface area contributed by atoms with Gasteiger partial charge in [-0.2, -0.15) is 0 Å². The first-order valence-corrected chi connectivity index (χ1v) is 8.88. The van der Waals surface area contributed by atoms with Crippen LogP contribution in [-0.4, -0.2) is 49.7 Å². The van der Waals surface area contributed by atoms with Crippen molar-refractivity contribution in [1.82, 2.24) is 4.90 Å². The number of benzene rings is 1. The average molecular weight is 462 g/mol. The molecule has 0 saturated heterocycles. The monoisotopic (exact) mass is 462 g/mol. The molecule has 0 bridgehead atoms. The molecule has 1 saturated carbocycles. The molecular weight excluding hydrogens is 431 g/mol. The fourth-order valence-corrected chi connectivity index (χ4v) is 2.66.